The number of nitrogens with zero attached hydrogens (tertiary/aromatic N) is 2. The molecule has 0 spiro atoms. The summed E-state index contributed by atoms with van der Waals surface area (Å²) in [5, 5.41) is 5.76. The molecule has 3 rings (SSSR count). The van der Waals surface area contributed by atoms with Crippen LogP contribution in [0.5, 0.6) is 0 Å². The molecule has 0 radical (unpaired) electrons. The smallest absolute Gasteiger partial charge is 0.233 e. The lowest BCUT2D eigenvalue weighted by atomic mass is 9.85. The van der Waals surface area contributed by atoms with Crippen LogP contribution in [-0.4, -0.2) is 42.1 Å². The highest BCUT2D eigenvalue weighted by Crippen LogP contribution is 2.29. The molecule has 26 heavy (non-hydrogen) atoms. The number of amides is 1. The third-order valence-corrected chi connectivity index (χ3v) is 5.73. The van der Waals surface area contributed by atoms with Gasteiger partial charge in [-0.25, -0.2) is 4.98 Å². The highest BCUT2D eigenvalue weighted by Gasteiger charge is 2.26. The van der Waals surface area contributed by atoms with Crippen molar-refractivity contribution in [1.82, 2.24) is 9.88 Å². The number of nitrogens with one attached hydrogen (secondary N) is 1. The van der Waals surface area contributed by atoms with Crippen LogP contribution in [0.15, 0.2) is 35.7 Å². The molecular formula is C20H27N3O2S. The summed E-state index contributed by atoms with van der Waals surface area (Å²) in [5.41, 5.74) is 2.07. The topological polar surface area (TPSA) is 54.5 Å². The Kier molecular flexibility index (Phi) is 6.77. The van der Waals surface area contributed by atoms with E-state index >= 15 is 0 Å². The van der Waals surface area contributed by atoms with E-state index < -0.39 is 0 Å². The zero-order valence-corrected chi connectivity index (χ0v) is 16.3. The Labute approximate surface area is 159 Å². The van der Waals surface area contributed by atoms with Gasteiger partial charge in [0.2, 0.25) is 5.91 Å². The van der Waals surface area contributed by atoms with Crippen molar-refractivity contribution in [2.45, 2.75) is 32.7 Å². The van der Waals surface area contributed by atoms with Crippen LogP contribution in [0.1, 0.15) is 37.4 Å². The minimum absolute atomic E-state index is 0.0258. The van der Waals surface area contributed by atoms with Gasteiger partial charge in [-0.2, -0.15) is 0 Å². The summed E-state index contributed by atoms with van der Waals surface area (Å²) in [6.45, 7) is 8.49. The first-order chi connectivity index (χ1) is 12.7. The molecule has 2 aromatic rings. The number of rotatable bonds is 7. The van der Waals surface area contributed by atoms with Crippen LogP contribution in [0.2, 0.25) is 0 Å². The molecule has 2 unspecified atom stereocenters. The summed E-state index contributed by atoms with van der Waals surface area (Å²) >= 11 is 1.50. The minimum atomic E-state index is -0.159. The quantitative estimate of drug-likeness (QED) is 0.803. The van der Waals surface area contributed by atoms with Crippen LogP contribution in [0.4, 0.5) is 5.13 Å². The number of aromatic nitrogens is 1. The van der Waals surface area contributed by atoms with Gasteiger partial charge in [-0.1, -0.05) is 50.6 Å². The molecule has 1 aliphatic heterocycles. The van der Waals surface area contributed by atoms with Gasteiger partial charge in [0.15, 0.2) is 5.13 Å². The molecule has 2 atom stereocenters. The first-order valence-electron chi connectivity index (χ1n) is 9.27. The predicted molar refractivity (Wildman–Crippen MR) is 105 cm³/mol. The summed E-state index contributed by atoms with van der Waals surface area (Å²) in [7, 11) is 0. The van der Waals surface area contributed by atoms with Crippen molar-refractivity contribution in [2.75, 3.05) is 31.6 Å². The Bertz CT molecular complexity index is 698. The second-order valence-electron chi connectivity index (χ2n) is 6.80. The minimum Gasteiger partial charge on any atom is -0.379 e. The predicted octanol–water partition coefficient (Wildman–Crippen LogP) is 3.74. The zero-order valence-electron chi connectivity index (χ0n) is 15.5. The van der Waals surface area contributed by atoms with E-state index in [1.165, 1.54) is 11.3 Å². The summed E-state index contributed by atoms with van der Waals surface area (Å²) in [6.07, 6.45) is 0.952. The molecule has 2 heterocycles. The molecule has 1 aliphatic rings. The van der Waals surface area contributed by atoms with Crippen molar-refractivity contribution < 1.29 is 9.53 Å². The van der Waals surface area contributed by atoms with E-state index in [-0.39, 0.29) is 17.7 Å². The number of hydrogen-bond acceptors (Lipinski definition) is 5. The summed E-state index contributed by atoms with van der Waals surface area (Å²) in [6, 6.07) is 10.0. The summed E-state index contributed by atoms with van der Waals surface area (Å²) in [4.78, 5) is 19.9. The van der Waals surface area contributed by atoms with Crippen molar-refractivity contribution >= 4 is 22.4 Å². The zero-order chi connectivity index (χ0) is 18.4. The normalized spacial score (nSPS) is 17.6. The van der Waals surface area contributed by atoms with Gasteiger partial charge in [-0.3, -0.25) is 9.69 Å². The number of thiazole rings is 1. The van der Waals surface area contributed by atoms with Crippen LogP contribution in [0.25, 0.3) is 0 Å². The average Bonchev–Trinajstić information content (AvgIpc) is 3.10. The fourth-order valence-corrected chi connectivity index (χ4v) is 3.95. The van der Waals surface area contributed by atoms with Crippen molar-refractivity contribution in [1.29, 1.82) is 0 Å². The van der Waals surface area contributed by atoms with Crippen LogP contribution in [0.3, 0.4) is 0 Å². The Morgan fingerprint density at radius 1 is 1.31 bits per heavy atom. The number of benzene rings is 1. The van der Waals surface area contributed by atoms with E-state index in [0.717, 1.165) is 50.5 Å². The lowest BCUT2D eigenvalue weighted by Gasteiger charge is -2.25. The average molecular weight is 374 g/mol. The van der Waals surface area contributed by atoms with Gasteiger partial charge < -0.3 is 10.1 Å². The van der Waals surface area contributed by atoms with E-state index in [1.54, 1.807) is 0 Å². The highest BCUT2D eigenvalue weighted by atomic mass is 32.1. The molecule has 1 N–H and O–H groups in total. The number of carbonyl (C=O) groups is 1. The SMILES string of the molecule is CCC(C)C(C(=O)Nc1nc(CN2CCOCC2)cs1)c1ccccc1. The van der Waals surface area contributed by atoms with Gasteiger partial charge >= 0.3 is 0 Å². The maximum Gasteiger partial charge on any atom is 0.233 e. The molecule has 0 saturated carbocycles. The molecule has 140 valence electrons. The lowest BCUT2D eigenvalue weighted by molar-refractivity contribution is -0.118. The van der Waals surface area contributed by atoms with Crippen molar-refractivity contribution in [3.05, 3.63) is 47.0 Å². The second-order valence-corrected chi connectivity index (χ2v) is 7.65. The summed E-state index contributed by atoms with van der Waals surface area (Å²) < 4.78 is 5.38. The Hall–Kier alpha value is -1.76. The molecule has 1 aromatic carbocycles. The molecule has 0 bridgehead atoms. The number of ether oxygens (including phenoxy) is 1. The van der Waals surface area contributed by atoms with Crippen molar-refractivity contribution in [3.8, 4) is 0 Å². The first kappa shape index (κ1) is 19.0. The molecular weight excluding hydrogens is 346 g/mol. The lowest BCUT2D eigenvalue weighted by Crippen LogP contribution is -2.35. The van der Waals surface area contributed by atoms with E-state index in [9.17, 15) is 4.79 Å². The van der Waals surface area contributed by atoms with Gasteiger partial charge in [-0.05, 0) is 11.5 Å². The Balaban J connectivity index is 1.65. The second kappa shape index (κ2) is 9.26. The fraction of sp³-hybridized carbons (Fsp3) is 0.500. The Morgan fingerprint density at radius 3 is 2.73 bits per heavy atom. The van der Waals surface area contributed by atoms with Crippen LogP contribution in [-0.2, 0) is 16.1 Å². The maximum atomic E-state index is 12.9. The van der Waals surface area contributed by atoms with Crippen LogP contribution < -0.4 is 5.32 Å². The van der Waals surface area contributed by atoms with E-state index in [4.69, 9.17) is 4.74 Å². The first-order valence-corrected chi connectivity index (χ1v) is 10.2. The standard InChI is InChI=1S/C20H27N3O2S/c1-3-15(2)18(16-7-5-4-6-8-16)19(24)22-20-21-17(14-26-20)13-23-9-11-25-12-10-23/h4-8,14-15,18H,3,9-13H2,1-2H3,(H,21,22,24). The molecule has 1 amide bonds. The van der Waals surface area contributed by atoms with Crippen LogP contribution >= 0.6 is 11.3 Å². The molecule has 0 aliphatic carbocycles. The number of morpholine rings is 1. The molecule has 1 aromatic heterocycles. The number of hydrogen-bond donors (Lipinski definition) is 1. The van der Waals surface area contributed by atoms with Gasteiger partial charge in [-0.15, -0.1) is 11.3 Å². The van der Waals surface area contributed by atoms with Gasteiger partial charge in [0.1, 0.15) is 0 Å². The van der Waals surface area contributed by atoms with Gasteiger partial charge in [0.25, 0.3) is 0 Å². The van der Waals surface area contributed by atoms with Crippen LogP contribution in [0, 0.1) is 5.92 Å². The van der Waals surface area contributed by atoms with Crippen molar-refractivity contribution in [2.24, 2.45) is 5.92 Å². The third-order valence-electron chi connectivity index (χ3n) is 4.93. The van der Waals surface area contributed by atoms with E-state index in [0.29, 0.717) is 5.13 Å². The molecule has 5 nitrogen and oxygen atoms in total. The van der Waals surface area contributed by atoms with E-state index in [1.807, 2.05) is 35.7 Å². The molecule has 1 fully saturated rings. The monoisotopic (exact) mass is 373 g/mol. The number of carbonyl (C=O) groups excluding carboxylic acids is 1. The largest absolute Gasteiger partial charge is 0.379 e. The fourth-order valence-electron chi connectivity index (χ4n) is 3.24. The summed E-state index contributed by atoms with van der Waals surface area (Å²) in [5.74, 6) is 0.135. The molecule has 1 saturated heterocycles. The molecule has 6 heteroatoms. The Morgan fingerprint density at radius 2 is 2.04 bits per heavy atom. The number of anilines is 1. The van der Waals surface area contributed by atoms with Gasteiger partial charge in [0.05, 0.1) is 24.8 Å². The highest BCUT2D eigenvalue weighted by molar-refractivity contribution is 7.13. The van der Waals surface area contributed by atoms with Gasteiger partial charge in [0, 0.05) is 25.0 Å². The third kappa shape index (κ3) is 4.90. The van der Waals surface area contributed by atoms with Crippen molar-refractivity contribution in [3.63, 3.8) is 0 Å². The maximum absolute atomic E-state index is 12.9. The van der Waals surface area contributed by atoms with E-state index in [2.05, 4.69) is 29.0 Å².